The molecule has 0 radical (unpaired) electrons. The molecular weight excluding hydrogens is 406 g/mol. The van der Waals surface area contributed by atoms with Gasteiger partial charge in [0, 0.05) is 12.6 Å². The second-order valence-electron chi connectivity index (χ2n) is 6.09. The molecule has 9 nitrogen and oxygen atoms in total. The predicted octanol–water partition coefficient (Wildman–Crippen LogP) is 3.06. The fourth-order valence-corrected chi connectivity index (χ4v) is 3.26. The second-order valence-corrected chi connectivity index (χ2v) is 7.15. The highest BCUT2D eigenvalue weighted by molar-refractivity contribution is 7.15. The minimum Gasteiger partial charge on any atom is -0.497 e. The topological polar surface area (TPSA) is 114 Å². The summed E-state index contributed by atoms with van der Waals surface area (Å²) >= 11 is 1.13. The summed E-state index contributed by atoms with van der Waals surface area (Å²) in [5, 5.41) is 16.7. The minimum absolute atomic E-state index is 0.0834. The van der Waals surface area contributed by atoms with Gasteiger partial charge in [0.1, 0.15) is 16.5 Å². The third kappa shape index (κ3) is 5.92. The maximum Gasteiger partial charge on any atom is 0.325 e. The van der Waals surface area contributed by atoms with Gasteiger partial charge in [-0.15, -0.1) is 10.2 Å². The first kappa shape index (κ1) is 21.1. The van der Waals surface area contributed by atoms with Crippen molar-refractivity contribution in [2.24, 2.45) is 0 Å². The van der Waals surface area contributed by atoms with Gasteiger partial charge in [-0.1, -0.05) is 41.7 Å². The quantitative estimate of drug-likeness (QED) is 0.509. The number of aromatic nitrogens is 2. The first-order valence-corrected chi connectivity index (χ1v) is 9.82. The SMILES string of the molecule is COc1ccc(NC(=O)Nc2nnc(CC(=O)NCc3ccccc3)s2)c(OC)c1. The number of anilines is 2. The van der Waals surface area contributed by atoms with E-state index in [1.54, 1.807) is 25.3 Å². The van der Waals surface area contributed by atoms with E-state index in [0.717, 1.165) is 16.9 Å². The van der Waals surface area contributed by atoms with Crippen LogP contribution >= 0.6 is 11.3 Å². The Balaban J connectivity index is 1.51. The van der Waals surface area contributed by atoms with E-state index in [2.05, 4.69) is 26.1 Å². The van der Waals surface area contributed by atoms with Crippen molar-refractivity contribution >= 4 is 34.1 Å². The van der Waals surface area contributed by atoms with E-state index in [4.69, 9.17) is 9.47 Å². The van der Waals surface area contributed by atoms with Gasteiger partial charge in [-0.25, -0.2) is 4.79 Å². The molecule has 0 fully saturated rings. The molecule has 2 aromatic carbocycles. The molecule has 0 saturated heterocycles. The van der Waals surface area contributed by atoms with E-state index in [1.165, 1.54) is 7.11 Å². The van der Waals surface area contributed by atoms with Crippen LogP contribution in [-0.2, 0) is 17.8 Å². The summed E-state index contributed by atoms with van der Waals surface area (Å²) in [5.41, 5.74) is 1.48. The lowest BCUT2D eigenvalue weighted by Crippen LogP contribution is -2.24. The van der Waals surface area contributed by atoms with Crippen molar-refractivity contribution in [2.45, 2.75) is 13.0 Å². The zero-order valence-corrected chi connectivity index (χ0v) is 17.3. The summed E-state index contributed by atoms with van der Waals surface area (Å²) in [5.74, 6) is 0.892. The molecule has 3 N–H and O–H groups in total. The molecule has 0 saturated carbocycles. The molecule has 0 bridgehead atoms. The molecule has 10 heteroatoms. The van der Waals surface area contributed by atoms with Gasteiger partial charge in [0.25, 0.3) is 0 Å². The smallest absolute Gasteiger partial charge is 0.325 e. The average molecular weight is 427 g/mol. The minimum atomic E-state index is -0.505. The molecule has 3 rings (SSSR count). The molecule has 0 aliphatic rings. The van der Waals surface area contributed by atoms with Crippen molar-refractivity contribution < 1.29 is 19.1 Å². The molecule has 3 amide bonds. The number of methoxy groups -OCH3 is 2. The number of ether oxygens (including phenoxy) is 2. The number of urea groups is 1. The Hall–Kier alpha value is -3.66. The van der Waals surface area contributed by atoms with Gasteiger partial charge in [0.05, 0.1) is 26.3 Å². The number of hydrogen-bond donors (Lipinski definition) is 3. The highest BCUT2D eigenvalue weighted by atomic mass is 32.1. The lowest BCUT2D eigenvalue weighted by molar-refractivity contribution is -0.120. The van der Waals surface area contributed by atoms with Gasteiger partial charge in [0.2, 0.25) is 11.0 Å². The Morgan fingerprint density at radius 3 is 2.53 bits per heavy atom. The largest absolute Gasteiger partial charge is 0.497 e. The Kier molecular flexibility index (Phi) is 7.17. The van der Waals surface area contributed by atoms with Gasteiger partial charge in [-0.3, -0.25) is 10.1 Å². The van der Waals surface area contributed by atoms with E-state index in [0.29, 0.717) is 28.7 Å². The Morgan fingerprint density at radius 2 is 1.80 bits per heavy atom. The molecule has 30 heavy (non-hydrogen) atoms. The van der Waals surface area contributed by atoms with Crippen LogP contribution in [0.5, 0.6) is 11.5 Å². The fraction of sp³-hybridized carbons (Fsp3) is 0.200. The van der Waals surface area contributed by atoms with E-state index >= 15 is 0 Å². The van der Waals surface area contributed by atoms with Crippen molar-refractivity contribution in [2.75, 3.05) is 24.9 Å². The zero-order valence-electron chi connectivity index (χ0n) is 16.5. The molecule has 0 aliphatic heterocycles. The summed E-state index contributed by atoms with van der Waals surface area (Å²) in [6.45, 7) is 0.440. The maximum absolute atomic E-state index is 12.2. The number of benzene rings is 2. The van der Waals surface area contributed by atoms with E-state index in [9.17, 15) is 9.59 Å². The van der Waals surface area contributed by atoms with Crippen LogP contribution in [0, 0.1) is 0 Å². The van der Waals surface area contributed by atoms with Crippen LogP contribution in [-0.4, -0.2) is 36.4 Å². The third-order valence-corrected chi connectivity index (χ3v) is 4.83. The van der Waals surface area contributed by atoms with Crippen molar-refractivity contribution in [3.05, 3.63) is 59.1 Å². The number of carbonyl (C=O) groups excluding carboxylic acids is 2. The van der Waals surface area contributed by atoms with Crippen LogP contribution in [0.25, 0.3) is 0 Å². The average Bonchev–Trinajstić information content (AvgIpc) is 3.19. The van der Waals surface area contributed by atoms with Crippen LogP contribution in [0.1, 0.15) is 10.6 Å². The fourth-order valence-electron chi connectivity index (χ4n) is 2.52. The Morgan fingerprint density at radius 1 is 1.00 bits per heavy atom. The Bertz CT molecular complexity index is 1010. The number of amides is 3. The van der Waals surface area contributed by atoms with Crippen LogP contribution in [0.15, 0.2) is 48.5 Å². The van der Waals surface area contributed by atoms with Gasteiger partial charge in [0.15, 0.2) is 0 Å². The van der Waals surface area contributed by atoms with Crippen molar-refractivity contribution in [1.82, 2.24) is 15.5 Å². The molecule has 3 aromatic rings. The summed E-state index contributed by atoms with van der Waals surface area (Å²) in [4.78, 5) is 24.3. The first-order valence-electron chi connectivity index (χ1n) is 9.00. The summed E-state index contributed by atoms with van der Waals surface area (Å²) < 4.78 is 10.4. The Labute approximate surface area is 177 Å². The van der Waals surface area contributed by atoms with E-state index < -0.39 is 6.03 Å². The molecule has 0 atom stereocenters. The second kappa shape index (κ2) is 10.2. The zero-order chi connectivity index (χ0) is 21.3. The summed E-state index contributed by atoms with van der Waals surface area (Å²) in [7, 11) is 3.04. The lowest BCUT2D eigenvalue weighted by Gasteiger charge is -2.11. The number of nitrogens with zero attached hydrogens (tertiary/aromatic N) is 2. The molecule has 1 heterocycles. The van der Waals surface area contributed by atoms with Crippen LogP contribution in [0.2, 0.25) is 0 Å². The van der Waals surface area contributed by atoms with E-state index in [-0.39, 0.29) is 17.5 Å². The van der Waals surface area contributed by atoms with Gasteiger partial charge >= 0.3 is 6.03 Å². The van der Waals surface area contributed by atoms with Gasteiger partial charge < -0.3 is 20.1 Å². The highest BCUT2D eigenvalue weighted by Gasteiger charge is 2.13. The molecular formula is C20H21N5O4S. The van der Waals surface area contributed by atoms with Crippen LogP contribution in [0.4, 0.5) is 15.6 Å². The molecule has 0 spiro atoms. The number of hydrogen-bond acceptors (Lipinski definition) is 7. The van der Waals surface area contributed by atoms with Crippen molar-refractivity contribution in [3.63, 3.8) is 0 Å². The summed E-state index contributed by atoms with van der Waals surface area (Å²) in [6.07, 6.45) is 0.0834. The number of rotatable bonds is 8. The van der Waals surface area contributed by atoms with Crippen molar-refractivity contribution in [3.8, 4) is 11.5 Å². The summed E-state index contributed by atoms with van der Waals surface area (Å²) in [6, 6.07) is 14.1. The molecule has 1 aromatic heterocycles. The van der Waals surface area contributed by atoms with E-state index in [1.807, 2.05) is 30.3 Å². The molecule has 0 aliphatic carbocycles. The maximum atomic E-state index is 12.2. The van der Waals surface area contributed by atoms with Crippen LogP contribution < -0.4 is 25.4 Å². The first-order chi connectivity index (χ1) is 14.6. The lowest BCUT2D eigenvalue weighted by atomic mass is 10.2. The van der Waals surface area contributed by atoms with Crippen molar-refractivity contribution in [1.29, 1.82) is 0 Å². The normalized spacial score (nSPS) is 10.2. The predicted molar refractivity (Wildman–Crippen MR) is 114 cm³/mol. The van der Waals surface area contributed by atoms with Gasteiger partial charge in [-0.2, -0.15) is 0 Å². The highest BCUT2D eigenvalue weighted by Crippen LogP contribution is 2.29. The standard InChI is InChI=1S/C20H21N5O4S/c1-28-14-8-9-15(16(10-14)29-2)22-19(27)23-20-25-24-18(30-20)11-17(26)21-12-13-6-4-3-5-7-13/h3-10H,11-12H2,1-2H3,(H,21,26)(H2,22,23,25,27). The number of carbonyl (C=O) groups is 2. The third-order valence-electron chi connectivity index (χ3n) is 3.99. The monoisotopic (exact) mass is 427 g/mol. The number of nitrogens with one attached hydrogen (secondary N) is 3. The molecule has 0 unspecified atom stereocenters. The molecule has 156 valence electrons. The van der Waals surface area contributed by atoms with Gasteiger partial charge in [-0.05, 0) is 17.7 Å². The van der Waals surface area contributed by atoms with Crippen LogP contribution in [0.3, 0.4) is 0 Å².